The fraction of sp³-hybridized carbons (Fsp3) is 0.310. The van der Waals surface area contributed by atoms with Gasteiger partial charge in [0.1, 0.15) is 17.2 Å². The van der Waals surface area contributed by atoms with Crippen molar-refractivity contribution in [1.29, 1.82) is 0 Å². The van der Waals surface area contributed by atoms with Crippen molar-refractivity contribution in [3.05, 3.63) is 80.5 Å². The van der Waals surface area contributed by atoms with Crippen molar-refractivity contribution >= 4 is 69.6 Å². The van der Waals surface area contributed by atoms with E-state index < -0.39 is 0 Å². The molecule has 0 radical (unpaired) electrons. The maximum absolute atomic E-state index is 12.5. The van der Waals surface area contributed by atoms with Crippen molar-refractivity contribution < 1.29 is 14.1 Å². The molecular formula is C29H29Cl2N5O4S. The zero-order chi connectivity index (χ0) is 28.9. The van der Waals surface area contributed by atoms with Crippen molar-refractivity contribution in [2.75, 3.05) is 49.1 Å². The molecule has 0 bridgehead atoms. The van der Waals surface area contributed by atoms with Crippen molar-refractivity contribution in [2.24, 2.45) is 0 Å². The van der Waals surface area contributed by atoms with Gasteiger partial charge in [-0.1, -0.05) is 23.2 Å². The third-order valence-electron chi connectivity index (χ3n) is 7.24. The second-order valence-corrected chi connectivity index (χ2v) is 11.1. The molecule has 214 valence electrons. The number of nitro benzene ring substituents is 1. The number of furan rings is 1. The number of halogens is 2. The molecule has 9 nitrogen and oxygen atoms in total. The monoisotopic (exact) mass is 613 g/mol. The highest BCUT2D eigenvalue weighted by Gasteiger charge is 2.25. The lowest BCUT2D eigenvalue weighted by atomic mass is 10.1. The molecule has 2 aromatic carbocycles. The van der Waals surface area contributed by atoms with Crippen LogP contribution >= 0.6 is 35.4 Å². The fourth-order valence-electron chi connectivity index (χ4n) is 5.08. The van der Waals surface area contributed by atoms with Gasteiger partial charge in [-0.05, 0) is 80.0 Å². The highest BCUT2D eigenvalue weighted by Crippen LogP contribution is 2.35. The van der Waals surface area contributed by atoms with Gasteiger partial charge in [0.05, 0.1) is 9.95 Å². The first-order valence-corrected chi connectivity index (χ1v) is 14.6. The van der Waals surface area contributed by atoms with E-state index in [9.17, 15) is 14.9 Å². The predicted molar refractivity (Wildman–Crippen MR) is 167 cm³/mol. The summed E-state index contributed by atoms with van der Waals surface area (Å²) in [5.41, 5.74) is 2.48. The van der Waals surface area contributed by atoms with Crippen LogP contribution in [0.25, 0.3) is 17.4 Å². The summed E-state index contributed by atoms with van der Waals surface area (Å²) in [5.74, 6) is 0.699. The van der Waals surface area contributed by atoms with Crippen LogP contribution < -0.4 is 15.1 Å². The number of rotatable bonds is 6. The minimum absolute atomic E-state index is 0.144. The summed E-state index contributed by atoms with van der Waals surface area (Å²) < 4.78 is 5.80. The zero-order valence-corrected chi connectivity index (χ0v) is 24.6. The summed E-state index contributed by atoms with van der Waals surface area (Å²) in [4.78, 5) is 30.2. The fourth-order valence-corrected chi connectivity index (χ4v) is 5.86. The summed E-state index contributed by atoms with van der Waals surface area (Å²) in [6.45, 7) is 4.23. The summed E-state index contributed by atoms with van der Waals surface area (Å²) in [7, 11) is 0. The molecule has 3 aromatic rings. The lowest BCUT2D eigenvalue weighted by molar-refractivity contribution is -0.384. The first-order chi connectivity index (χ1) is 19.8. The van der Waals surface area contributed by atoms with E-state index in [1.807, 2.05) is 17.0 Å². The smallest absolute Gasteiger partial charge is 0.292 e. The number of piperidine rings is 1. The van der Waals surface area contributed by atoms with Gasteiger partial charge in [0.2, 0.25) is 5.91 Å². The second kappa shape index (κ2) is 12.9. The van der Waals surface area contributed by atoms with Gasteiger partial charge in [0.25, 0.3) is 5.69 Å². The van der Waals surface area contributed by atoms with Crippen LogP contribution in [0.15, 0.2) is 59.0 Å². The van der Waals surface area contributed by atoms with Crippen molar-refractivity contribution in [3.8, 4) is 11.3 Å². The third kappa shape index (κ3) is 7.01. The van der Waals surface area contributed by atoms with Crippen LogP contribution in [0.3, 0.4) is 0 Å². The van der Waals surface area contributed by atoms with Gasteiger partial charge in [-0.15, -0.1) is 0 Å². The Hall–Kier alpha value is -3.60. The molecule has 0 saturated carbocycles. The summed E-state index contributed by atoms with van der Waals surface area (Å²) in [5, 5.41) is 15.8. The average Bonchev–Trinajstić information content (AvgIpc) is 3.45. The Morgan fingerprint density at radius 3 is 2.41 bits per heavy atom. The Morgan fingerprint density at radius 1 is 0.951 bits per heavy atom. The number of hydrogen-bond donors (Lipinski definition) is 1. The molecule has 5 rings (SSSR count). The van der Waals surface area contributed by atoms with Crippen LogP contribution in [0.4, 0.5) is 17.1 Å². The highest BCUT2D eigenvalue weighted by molar-refractivity contribution is 7.80. The van der Waals surface area contributed by atoms with Crippen LogP contribution in [-0.2, 0) is 4.79 Å². The molecule has 2 fully saturated rings. The van der Waals surface area contributed by atoms with Crippen molar-refractivity contribution in [2.45, 2.75) is 19.3 Å². The van der Waals surface area contributed by atoms with Crippen LogP contribution in [0.5, 0.6) is 0 Å². The Morgan fingerprint density at radius 2 is 1.71 bits per heavy atom. The lowest BCUT2D eigenvalue weighted by Crippen LogP contribution is -2.52. The molecule has 1 aromatic heterocycles. The number of nitrogens with zero attached hydrogens (tertiary/aromatic N) is 4. The molecule has 0 atom stereocenters. The maximum atomic E-state index is 12.5. The minimum Gasteiger partial charge on any atom is -0.457 e. The van der Waals surface area contributed by atoms with E-state index in [-0.39, 0.29) is 16.5 Å². The number of thiocarbonyl (C=S) groups is 1. The maximum Gasteiger partial charge on any atom is 0.292 e. The summed E-state index contributed by atoms with van der Waals surface area (Å²) >= 11 is 17.7. The molecule has 1 amide bonds. The molecule has 0 spiro atoms. The summed E-state index contributed by atoms with van der Waals surface area (Å²) in [6.07, 6.45) is 6.17. The van der Waals surface area contributed by atoms with Gasteiger partial charge < -0.3 is 19.1 Å². The number of nitrogens with one attached hydrogen (secondary N) is 1. The van der Waals surface area contributed by atoms with Crippen molar-refractivity contribution in [1.82, 2.24) is 10.2 Å². The second-order valence-electron chi connectivity index (χ2n) is 9.91. The van der Waals surface area contributed by atoms with Gasteiger partial charge in [-0.3, -0.25) is 20.2 Å². The lowest BCUT2D eigenvalue weighted by Gasteiger charge is -2.37. The Bertz CT molecular complexity index is 1480. The molecule has 2 aliphatic rings. The molecule has 3 heterocycles. The van der Waals surface area contributed by atoms with Gasteiger partial charge >= 0.3 is 0 Å². The first-order valence-electron chi connectivity index (χ1n) is 13.4. The zero-order valence-electron chi connectivity index (χ0n) is 22.2. The van der Waals surface area contributed by atoms with E-state index in [0.29, 0.717) is 64.1 Å². The average molecular weight is 615 g/mol. The SMILES string of the molecule is O=C(/C=C/c1ccc(-c2ccc(Cl)cc2Cl)o1)NC(=S)N1CCN(c2ccc([N+](=O)[O-])c(N3CCCCC3)c2)CC1. The summed E-state index contributed by atoms with van der Waals surface area (Å²) in [6, 6.07) is 14.0. The van der Waals surface area contributed by atoms with Crippen molar-refractivity contribution in [3.63, 3.8) is 0 Å². The molecule has 2 aliphatic heterocycles. The van der Waals surface area contributed by atoms with E-state index in [1.54, 1.807) is 42.5 Å². The Balaban J connectivity index is 1.15. The molecule has 1 N–H and O–H groups in total. The molecule has 0 aliphatic carbocycles. The predicted octanol–water partition coefficient (Wildman–Crippen LogP) is 6.39. The van der Waals surface area contributed by atoms with Crippen LogP contribution in [0.1, 0.15) is 25.0 Å². The van der Waals surface area contributed by atoms with E-state index >= 15 is 0 Å². The van der Waals surface area contributed by atoms with E-state index in [2.05, 4.69) is 15.1 Å². The number of anilines is 2. The molecule has 0 unspecified atom stereocenters. The molecular weight excluding hydrogens is 585 g/mol. The Kier molecular flexibility index (Phi) is 9.12. The molecule has 12 heteroatoms. The minimum atomic E-state index is -0.360. The van der Waals surface area contributed by atoms with E-state index in [0.717, 1.165) is 38.0 Å². The number of benzene rings is 2. The first kappa shape index (κ1) is 28.9. The quantitative estimate of drug-likeness (QED) is 0.148. The number of nitro groups is 1. The van der Waals surface area contributed by atoms with Crippen LogP contribution in [-0.4, -0.2) is 60.1 Å². The molecule has 41 heavy (non-hydrogen) atoms. The number of carbonyl (C=O) groups excluding carboxylic acids is 1. The topological polar surface area (TPSA) is 95.1 Å². The number of hydrogen-bond acceptors (Lipinski definition) is 7. The van der Waals surface area contributed by atoms with Gasteiger partial charge in [0, 0.05) is 67.7 Å². The normalized spacial score (nSPS) is 15.8. The number of amides is 1. The van der Waals surface area contributed by atoms with Gasteiger partial charge in [-0.25, -0.2) is 0 Å². The van der Waals surface area contributed by atoms with Crippen LogP contribution in [0.2, 0.25) is 10.0 Å². The number of carbonyl (C=O) groups is 1. The highest BCUT2D eigenvalue weighted by atomic mass is 35.5. The third-order valence-corrected chi connectivity index (χ3v) is 8.15. The molecule has 2 saturated heterocycles. The Labute approximate surface area is 253 Å². The standard InChI is InChI=1S/C29H29Cl2N5O4S/c30-20-4-8-23(24(31)18-20)27-10-6-22(40-27)7-11-28(37)32-29(41)35-16-14-33(15-17-35)21-5-9-25(36(38)39)26(19-21)34-12-2-1-3-13-34/h4-11,18-19H,1-3,12-17H2,(H,32,37,41)/b11-7+. The van der Waals surface area contributed by atoms with Gasteiger partial charge in [-0.2, -0.15) is 0 Å². The largest absolute Gasteiger partial charge is 0.457 e. The number of piperazine rings is 1. The van der Waals surface area contributed by atoms with E-state index in [1.165, 1.54) is 6.08 Å². The van der Waals surface area contributed by atoms with Crippen LogP contribution in [0, 0.1) is 10.1 Å². The van der Waals surface area contributed by atoms with Gasteiger partial charge in [0.15, 0.2) is 5.11 Å². The van der Waals surface area contributed by atoms with E-state index in [4.69, 9.17) is 39.8 Å².